The minimum Gasteiger partial charge on any atom is -0.311 e. The van der Waals surface area contributed by atoms with Gasteiger partial charge in [0.25, 0.3) is 0 Å². The minimum atomic E-state index is -4.50. The average molecular weight is 393 g/mol. The van der Waals surface area contributed by atoms with Gasteiger partial charge in [0, 0.05) is 23.5 Å². The van der Waals surface area contributed by atoms with Crippen LogP contribution < -0.4 is 4.90 Å². The summed E-state index contributed by atoms with van der Waals surface area (Å²) in [4.78, 5) is 22.4. The minimum absolute atomic E-state index is 0.0183. The van der Waals surface area contributed by atoms with Crippen molar-refractivity contribution in [2.75, 3.05) is 17.2 Å². The summed E-state index contributed by atoms with van der Waals surface area (Å²) in [5, 5.41) is 0.0293. The van der Waals surface area contributed by atoms with Crippen LogP contribution in [0.2, 0.25) is 0 Å². The van der Waals surface area contributed by atoms with Gasteiger partial charge in [0.05, 0.1) is 5.75 Å². The summed E-state index contributed by atoms with van der Waals surface area (Å²) < 4.78 is 39.9. The Labute approximate surface area is 159 Å². The van der Waals surface area contributed by atoms with Gasteiger partial charge in [-0.25, -0.2) is 9.97 Å². The first-order valence-electron chi connectivity index (χ1n) is 8.91. The summed E-state index contributed by atoms with van der Waals surface area (Å²) in [6, 6.07) is 7.74. The quantitative estimate of drug-likeness (QED) is 0.583. The molecule has 1 aliphatic heterocycles. The van der Waals surface area contributed by atoms with Crippen LogP contribution in [0.25, 0.3) is 0 Å². The topological polar surface area (TPSA) is 46.1 Å². The molecule has 0 saturated carbocycles. The van der Waals surface area contributed by atoms with E-state index >= 15 is 0 Å². The lowest BCUT2D eigenvalue weighted by molar-refractivity contribution is -0.142. The highest BCUT2D eigenvalue weighted by atomic mass is 32.2. The number of para-hydroxylation sites is 1. The van der Waals surface area contributed by atoms with Gasteiger partial charge in [-0.2, -0.15) is 13.2 Å². The number of carbonyl (C=O) groups excluding carboxylic acids is 1. The van der Waals surface area contributed by atoms with E-state index in [1.807, 2.05) is 24.3 Å². The standard InChI is InChI=1S/C19H18F3N3OS/c20-19(21,22)17-13-7-3-8-14(13)23-18(24-17)27-11-16(26)25-10-4-6-12-5-1-2-9-15(12)25/h1-2,5,9H,3-4,6-8,10-11H2. The molecule has 0 fully saturated rings. The van der Waals surface area contributed by atoms with Crippen LogP contribution in [0, 0.1) is 0 Å². The first-order chi connectivity index (χ1) is 12.9. The van der Waals surface area contributed by atoms with Crippen molar-refractivity contribution in [3.8, 4) is 0 Å². The highest BCUT2D eigenvalue weighted by Gasteiger charge is 2.38. The van der Waals surface area contributed by atoms with E-state index in [1.165, 1.54) is 0 Å². The number of thioether (sulfide) groups is 1. The number of hydrogen-bond acceptors (Lipinski definition) is 4. The van der Waals surface area contributed by atoms with Gasteiger partial charge in [0.15, 0.2) is 10.9 Å². The Bertz CT molecular complexity index is 885. The monoisotopic (exact) mass is 393 g/mol. The number of fused-ring (bicyclic) bond motifs is 2. The third-order valence-corrected chi connectivity index (χ3v) is 5.75. The number of hydrogen-bond donors (Lipinski definition) is 0. The first-order valence-corrected chi connectivity index (χ1v) is 9.90. The molecule has 27 heavy (non-hydrogen) atoms. The van der Waals surface area contributed by atoms with E-state index in [4.69, 9.17) is 0 Å². The molecule has 1 aromatic carbocycles. The van der Waals surface area contributed by atoms with E-state index in [0.717, 1.165) is 35.9 Å². The maximum atomic E-state index is 13.3. The van der Waals surface area contributed by atoms with E-state index in [1.54, 1.807) is 4.90 Å². The molecular formula is C19H18F3N3OS. The number of rotatable bonds is 3. The van der Waals surface area contributed by atoms with Gasteiger partial charge in [-0.3, -0.25) is 4.79 Å². The second-order valence-electron chi connectivity index (χ2n) is 6.70. The van der Waals surface area contributed by atoms with Gasteiger partial charge in [-0.1, -0.05) is 30.0 Å². The lowest BCUT2D eigenvalue weighted by atomic mass is 10.0. The summed E-state index contributed by atoms with van der Waals surface area (Å²) in [5.74, 6) is -0.116. The fraction of sp³-hybridized carbons (Fsp3) is 0.421. The molecule has 142 valence electrons. The fourth-order valence-corrected chi connectivity index (χ4v) is 4.44. The molecule has 0 atom stereocenters. The summed E-state index contributed by atoms with van der Waals surface area (Å²) in [5.41, 5.74) is 1.84. The van der Waals surface area contributed by atoms with Crippen molar-refractivity contribution in [3.63, 3.8) is 0 Å². The molecule has 2 aromatic rings. The molecule has 4 nitrogen and oxygen atoms in total. The van der Waals surface area contributed by atoms with Crippen LogP contribution in [-0.2, 0) is 30.2 Å². The van der Waals surface area contributed by atoms with Gasteiger partial charge in [-0.05, 0) is 43.7 Å². The Hall–Kier alpha value is -2.09. The molecule has 1 amide bonds. The fourth-order valence-electron chi connectivity index (χ4n) is 3.71. The third kappa shape index (κ3) is 3.67. The first kappa shape index (κ1) is 18.3. The van der Waals surface area contributed by atoms with Gasteiger partial charge in [-0.15, -0.1) is 0 Å². The molecule has 8 heteroatoms. The Balaban J connectivity index is 1.52. The molecule has 0 spiro atoms. The Morgan fingerprint density at radius 1 is 1.11 bits per heavy atom. The van der Waals surface area contributed by atoms with Gasteiger partial charge < -0.3 is 4.90 Å². The van der Waals surface area contributed by atoms with E-state index < -0.39 is 11.9 Å². The SMILES string of the molecule is O=C(CSc1nc2c(c(C(F)(F)F)n1)CCC2)N1CCCc2ccccc21. The van der Waals surface area contributed by atoms with Crippen molar-refractivity contribution in [2.24, 2.45) is 0 Å². The molecule has 0 saturated heterocycles. The predicted molar refractivity (Wildman–Crippen MR) is 96.9 cm³/mol. The van der Waals surface area contributed by atoms with Gasteiger partial charge >= 0.3 is 6.18 Å². The Morgan fingerprint density at radius 2 is 1.93 bits per heavy atom. The highest BCUT2D eigenvalue weighted by Crippen LogP contribution is 2.36. The number of nitrogens with zero attached hydrogens (tertiary/aromatic N) is 3. The molecular weight excluding hydrogens is 375 g/mol. The normalized spacial score (nSPS) is 16.2. The van der Waals surface area contributed by atoms with Crippen LogP contribution in [0.4, 0.5) is 18.9 Å². The number of aromatic nitrogens is 2. The lowest BCUT2D eigenvalue weighted by Gasteiger charge is -2.29. The maximum absolute atomic E-state index is 13.3. The third-order valence-electron chi connectivity index (χ3n) is 4.92. The molecule has 4 rings (SSSR count). The largest absolute Gasteiger partial charge is 0.433 e. The van der Waals surface area contributed by atoms with Crippen molar-refractivity contribution in [1.82, 2.24) is 9.97 Å². The molecule has 1 aliphatic carbocycles. The van der Waals surface area contributed by atoms with Crippen molar-refractivity contribution in [1.29, 1.82) is 0 Å². The molecule has 0 N–H and O–H groups in total. The van der Waals surface area contributed by atoms with Crippen molar-refractivity contribution < 1.29 is 18.0 Å². The zero-order chi connectivity index (χ0) is 19.0. The van der Waals surface area contributed by atoms with Crippen LogP contribution >= 0.6 is 11.8 Å². The van der Waals surface area contributed by atoms with Crippen LogP contribution in [0.15, 0.2) is 29.4 Å². The van der Waals surface area contributed by atoms with E-state index in [0.29, 0.717) is 31.5 Å². The van der Waals surface area contributed by atoms with E-state index in [-0.39, 0.29) is 22.4 Å². The number of amides is 1. The zero-order valence-corrected chi connectivity index (χ0v) is 15.4. The maximum Gasteiger partial charge on any atom is 0.433 e. The summed E-state index contributed by atoms with van der Waals surface area (Å²) in [6.45, 7) is 0.620. The van der Waals surface area contributed by atoms with Crippen LogP contribution in [-0.4, -0.2) is 28.2 Å². The predicted octanol–water partition coefficient (Wildman–Crippen LogP) is 4.06. The number of carbonyl (C=O) groups is 1. The average Bonchev–Trinajstić information content (AvgIpc) is 3.12. The van der Waals surface area contributed by atoms with Crippen LogP contribution in [0.3, 0.4) is 0 Å². The Kier molecular flexibility index (Phi) is 4.84. The van der Waals surface area contributed by atoms with Crippen molar-refractivity contribution in [3.05, 3.63) is 46.8 Å². The van der Waals surface area contributed by atoms with Crippen LogP contribution in [0.5, 0.6) is 0 Å². The summed E-state index contributed by atoms with van der Waals surface area (Å²) >= 11 is 0.980. The molecule has 1 aromatic heterocycles. The molecule has 0 unspecified atom stereocenters. The highest BCUT2D eigenvalue weighted by molar-refractivity contribution is 7.99. The lowest BCUT2D eigenvalue weighted by Crippen LogP contribution is -2.36. The van der Waals surface area contributed by atoms with Crippen LogP contribution in [0.1, 0.15) is 35.4 Å². The van der Waals surface area contributed by atoms with E-state index in [9.17, 15) is 18.0 Å². The number of anilines is 1. The second kappa shape index (κ2) is 7.14. The zero-order valence-electron chi connectivity index (χ0n) is 14.6. The molecule has 2 aliphatic rings. The number of halogens is 3. The number of benzene rings is 1. The van der Waals surface area contributed by atoms with Gasteiger partial charge in [0.1, 0.15) is 0 Å². The van der Waals surface area contributed by atoms with E-state index in [2.05, 4.69) is 9.97 Å². The molecule has 0 bridgehead atoms. The van der Waals surface area contributed by atoms with Gasteiger partial charge in [0.2, 0.25) is 5.91 Å². The second-order valence-corrected chi connectivity index (χ2v) is 7.64. The number of alkyl halides is 3. The van der Waals surface area contributed by atoms with Crippen molar-refractivity contribution >= 4 is 23.4 Å². The summed E-state index contributed by atoms with van der Waals surface area (Å²) in [6.07, 6.45) is -1.15. The Morgan fingerprint density at radius 3 is 2.74 bits per heavy atom. The molecule has 2 heterocycles. The van der Waals surface area contributed by atoms with Crippen molar-refractivity contribution in [2.45, 2.75) is 43.4 Å². The molecule has 0 radical (unpaired) electrons. The summed E-state index contributed by atoms with van der Waals surface area (Å²) in [7, 11) is 0. The number of aryl methyl sites for hydroxylation is 2. The smallest absolute Gasteiger partial charge is 0.311 e.